The Morgan fingerprint density at radius 2 is 1.90 bits per heavy atom. The number of hydrogen-bond donors (Lipinski definition) is 2. The summed E-state index contributed by atoms with van der Waals surface area (Å²) in [5.41, 5.74) is 0. The molecule has 10 heavy (non-hydrogen) atoms. The van der Waals surface area contributed by atoms with Gasteiger partial charge < -0.3 is 10.2 Å². The molecule has 0 aromatic carbocycles. The van der Waals surface area contributed by atoms with Crippen LogP contribution in [0.25, 0.3) is 0 Å². The Balaban J connectivity index is 3.31. The fraction of sp³-hybridized carbons (Fsp3) is 1.00. The van der Waals surface area contributed by atoms with Crippen LogP contribution in [0.2, 0.25) is 0 Å². The first kappa shape index (κ1) is 10.3. The van der Waals surface area contributed by atoms with Gasteiger partial charge in [0, 0.05) is 0 Å². The lowest BCUT2D eigenvalue weighted by Gasteiger charge is -2.14. The quantitative estimate of drug-likeness (QED) is 0.633. The molecule has 2 unspecified atom stereocenters. The molecule has 0 fully saturated rings. The number of aliphatic hydroxyl groups excluding tert-OH is 2. The van der Waals surface area contributed by atoms with E-state index in [2.05, 4.69) is 0 Å². The van der Waals surface area contributed by atoms with E-state index < -0.39 is 12.2 Å². The molecule has 62 valence electrons. The minimum atomic E-state index is -0.535. The number of aliphatic hydroxyl groups is 2. The van der Waals surface area contributed by atoms with E-state index in [0.717, 1.165) is 5.75 Å². The second-order valence-electron chi connectivity index (χ2n) is 2.32. The van der Waals surface area contributed by atoms with Crippen LogP contribution < -0.4 is 0 Å². The Morgan fingerprint density at radius 3 is 2.30 bits per heavy atom. The molecule has 0 aliphatic heterocycles. The topological polar surface area (TPSA) is 40.5 Å². The highest BCUT2D eigenvalue weighted by molar-refractivity contribution is 7.98. The molecular formula is C7H16O2S. The molecule has 0 radical (unpaired) electrons. The summed E-state index contributed by atoms with van der Waals surface area (Å²) in [5.74, 6) is 0.915. The van der Waals surface area contributed by atoms with Gasteiger partial charge in [0.15, 0.2) is 0 Å². The fourth-order valence-electron chi connectivity index (χ4n) is 0.703. The number of hydrogen-bond acceptors (Lipinski definition) is 3. The van der Waals surface area contributed by atoms with Gasteiger partial charge in [0.1, 0.15) is 0 Å². The van der Waals surface area contributed by atoms with Crippen molar-refractivity contribution in [3.05, 3.63) is 0 Å². The molecule has 0 aliphatic carbocycles. The van der Waals surface area contributed by atoms with Gasteiger partial charge in [-0.3, -0.25) is 0 Å². The minimum absolute atomic E-state index is 0.530. The number of thioether (sulfide) groups is 1. The van der Waals surface area contributed by atoms with Crippen LogP contribution in [0.3, 0.4) is 0 Å². The lowest BCUT2D eigenvalue weighted by atomic mass is 10.1. The van der Waals surface area contributed by atoms with Crippen LogP contribution in [-0.2, 0) is 0 Å². The lowest BCUT2D eigenvalue weighted by Crippen LogP contribution is -2.25. The van der Waals surface area contributed by atoms with E-state index in [1.165, 1.54) is 0 Å². The van der Waals surface area contributed by atoms with Crippen LogP contribution >= 0.6 is 11.8 Å². The molecule has 3 heteroatoms. The van der Waals surface area contributed by atoms with E-state index >= 15 is 0 Å². The van der Waals surface area contributed by atoms with Gasteiger partial charge >= 0.3 is 0 Å². The van der Waals surface area contributed by atoms with E-state index in [9.17, 15) is 5.11 Å². The molecule has 0 aromatic heterocycles. The minimum Gasteiger partial charge on any atom is -0.390 e. The first-order chi connectivity index (χ1) is 4.72. The van der Waals surface area contributed by atoms with Crippen molar-refractivity contribution in [3.8, 4) is 0 Å². The third-order valence-electron chi connectivity index (χ3n) is 1.48. The SMILES string of the molecule is CCC(O)C(O)CCSC. The summed E-state index contributed by atoms with van der Waals surface area (Å²) in [7, 11) is 0. The Morgan fingerprint density at radius 1 is 1.30 bits per heavy atom. The van der Waals surface area contributed by atoms with Gasteiger partial charge in [0.05, 0.1) is 12.2 Å². The molecule has 0 bridgehead atoms. The van der Waals surface area contributed by atoms with Crippen molar-refractivity contribution >= 4 is 11.8 Å². The maximum absolute atomic E-state index is 9.19. The normalized spacial score (nSPS) is 16.8. The van der Waals surface area contributed by atoms with E-state index in [1.54, 1.807) is 11.8 Å². The molecular weight excluding hydrogens is 148 g/mol. The van der Waals surface area contributed by atoms with Crippen LogP contribution in [0, 0.1) is 0 Å². The predicted molar refractivity (Wildman–Crippen MR) is 45.3 cm³/mol. The maximum atomic E-state index is 9.19. The Labute approximate surface area is 66.6 Å². The monoisotopic (exact) mass is 164 g/mol. The van der Waals surface area contributed by atoms with Crippen molar-refractivity contribution in [2.75, 3.05) is 12.0 Å². The standard InChI is InChI=1S/C7H16O2S/c1-3-6(8)7(9)4-5-10-2/h6-9H,3-5H2,1-2H3. The Bertz CT molecular complexity index is 78.0. The van der Waals surface area contributed by atoms with Crippen molar-refractivity contribution < 1.29 is 10.2 Å². The molecule has 0 saturated heterocycles. The molecule has 0 spiro atoms. The van der Waals surface area contributed by atoms with Gasteiger partial charge in [-0.25, -0.2) is 0 Å². The molecule has 2 nitrogen and oxygen atoms in total. The van der Waals surface area contributed by atoms with E-state index in [1.807, 2.05) is 13.2 Å². The molecule has 0 saturated carbocycles. The lowest BCUT2D eigenvalue weighted by molar-refractivity contribution is 0.0164. The summed E-state index contributed by atoms with van der Waals surface area (Å²) < 4.78 is 0. The average molecular weight is 164 g/mol. The van der Waals surface area contributed by atoms with Gasteiger partial charge in [-0.1, -0.05) is 6.92 Å². The highest BCUT2D eigenvalue weighted by atomic mass is 32.2. The summed E-state index contributed by atoms with van der Waals surface area (Å²) in [4.78, 5) is 0. The highest BCUT2D eigenvalue weighted by Crippen LogP contribution is 2.06. The van der Waals surface area contributed by atoms with Crippen molar-refractivity contribution in [1.82, 2.24) is 0 Å². The zero-order valence-electron chi connectivity index (χ0n) is 6.58. The van der Waals surface area contributed by atoms with E-state index in [0.29, 0.717) is 12.8 Å². The third kappa shape index (κ3) is 4.14. The van der Waals surface area contributed by atoms with Gasteiger partial charge in [0.25, 0.3) is 0 Å². The van der Waals surface area contributed by atoms with E-state index in [4.69, 9.17) is 5.11 Å². The Kier molecular flexibility index (Phi) is 6.17. The van der Waals surface area contributed by atoms with Crippen LogP contribution in [0.15, 0.2) is 0 Å². The van der Waals surface area contributed by atoms with Crippen molar-refractivity contribution in [1.29, 1.82) is 0 Å². The van der Waals surface area contributed by atoms with Crippen molar-refractivity contribution in [2.45, 2.75) is 32.0 Å². The van der Waals surface area contributed by atoms with E-state index in [-0.39, 0.29) is 0 Å². The second-order valence-corrected chi connectivity index (χ2v) is 3.31. The molecule has 0 amide bonds. The van der Waals surface area contributed by atoms with Gasteiger partial charge in [-0.15, -0.1) is 0 Å². The summed E-state index contributed by atoms with van der Waals surface area (Å²) in [5, 5.41) is 18.3. The van der Waals surface area contributed by atoms with Gasteiger partial charge in [-0.2, -0.15) is 11.8 Å². The third-order valence-corrected chi connectivity index (χ3v) is 2.12. The maximum Gasteiger partial charge on any atom is 0.0806 e. The van der Waals surface area contributed by atoms with Crippen LogP contribution in [-0.4, -0.2) is 34.4 Å². The molecule has 0 rings (SSSR count). The van der Waals surface area contributed by atoms with Gasteiger partial charge in [-0.05, 0) is 24.9 Å². The molecule has 0 aliphatic rings. The number of rotatable bonds is 5. The predicted octanol–water partition coefficient (Wildman–Crippen LogP) is 0.871. The second kappa shape index (κ2) is 6.01. The molecule has 2 N–H and O–H groups in total. The molecule has 0 heterocycles. The van der Waals surface area contributed by atoms with Crippen molar-refractivity contribution in [2.24, 2.45) is 0 Å². The first-order valence-corrected chi connectivity index (χ1v) is 4.96. The zero-order valence-corrected chi connectivity index (χ0v) is 7.40. The largest absolute Gasteiger partial charge is 0.390 e. The summed E-state index contributed by atoms with van der Waals surface area (Å²) in [6.45, 7) is 1.87. The summed E-state index contributed by atoms with van der Waals surface area (Å²) >= 11 is 1.69. The van der Waals surface area contributed by atoms with Gasteiger partial charge in [0.2, 0.25) is 0 Å². The smallest absolute Gasteiger partial charge is 0.0806 e. The van der Waals surface area contributed by atoms with Crippen LogP contribution in [0.1, 0.15) is 19.8 Å². The van der Waals surface area contributed by atoms with Crippen LogP contribution in [0.5, 0.6) is 0 Å². The average Bonchev–Trinajstić information content (AvgIpc) is 1.98. The molecule has 2 atom stereocenters. The Hall–Kier alpha value is 0.270. The highest BCUT2D eigenvalue weighted by Gasteiger charge is 2.12. The van der Waals surface area contributed by atoms with Crippen LogP contribution in [0.4, 0.5) is 0 Å². The zero-order chi connectivity index (χ0) is 7.98. The molecule has 0 aromatic rings. The first-order valence-electron chi connectivity index (χ1n) is 3.57. The van der Waals surface area contributed by atoms with Crippen molar-refractivity contribution in [3.63, 3.8) is 0 Å². The fourth-order valence-corrected chi connectivity index (χ4v) is 1.18. The summed E-state index contributed by atoms with van der Waals surface area (Å²) in [6, 6.07) is 0. The summed E-state index contributed by atoms with van der Waals surface area (Å²) in [6.07, 6.45) is 2.25.